The minimum atomic E-state index is -0.162. The molecule has 2 aliphatic heterocycles. The van der Waals surface area contributed by atoms with Crippen molar-refractivity contribution in [3.8, 4) is 0 Å². The maximum atomic E-state index is 13.6. The first-order valence-corrected chi connectivity index (χ1v) is 15.4. The lowest BCUT2D eigenvalue weighted by atomic mass is 9.89. The number of nitrogens with zero attached hydrogens (tertiary/aromatic N) is 4. The van der Waals surface area contributed by atoms with Crippen molar-refractivity contribution in [3.05, 3.63) is 94.6 Å². The molecule has 6 rings (SSSR count). The summed E-state index contributed by atoms with van der Waals surface area (Å²) in [5.41, 5.74) is 3.14. The van der Waals surface area contributed by atoms with Gasteiger partial charge in [0.2, 0.25) is 0 Å². The number of fused-ring (bicyclic) bond motifs is 1. The molecule has 4 heterocycles. The quantitative estimate of drug-likeness (QED) is 0.261. The summed E-state index contributed by atoms with van der Waals surface area (Å²) in [4.78, 5) is 20.4. The van der Waals surface area contributed by atoms with E-state index in [0.717, 1.165) is 81.5 Å². The molecule has 212 valence electrons. The van der Waals surface area contributed by atoms with Crippen LogP contribution in [0.15, 0.2) is 77.6 Å². The fourth-order valence-electron chi connectivity index (χ4n) is 6.04. The van der Waals surface area contributed by atoms with Gasteiger partial charge in [-0.3, -0.25) is 4.79 Å². The van der Waals surface area contributed by atoms with Crippen molar-refractivity contribution in [2.75, 3.05) is 53.4 Å². The van der Waals surface area contributed by atoms with E-state index in [9.17, 15) is 9.18 Å². The topological polar surface area (TPSA) is 31.7 Å². The molecule has 5 nitrogen and oxygen atoms in total. The molecule has 0 N–H and O–H groups in total. The highest BCUT2D eigenvalue weighted by atomic mass is 32.1. The summed E-state index contributed by atoms with van der Waals surface area (Å²) in [6.07, 6.45) is 5.41. The van der Waals surface area contributed by atoms with Gasteiger partial charge in [-0.05, 0) is 98.9 Å². The van der Waals surface area contributed by atoms with Crippen LogP contribution >= 0.6 is 11.3 Å². The van der Waals surface area contributed by atoms with Crippen LogP contribution in [0.25, 0.3) is 10.9 Å². The molecule has 7 heteroatoms. The third-order valence-corrected chi connectivity index (χ3v) is 8.88. The molecule has 0 saturated carbocycles. The third-order valence-electron chi connectivity index (χ3n) is 8.25. The number of benzene rings is 2. The van der Waals surface area contributed by atoms with Gasteiger partial charge in [0.05, 0.1) is 11.1 Å². The number of para-hydroxylation sites is 1. The second-order valence-corrected chi connectivity index (χ2v) is 12.2. The Kier molecular flexibility index (Phi) is 9.68. The molecule has 0 bridgehead atoms. The van der Waals surface area contributed by atoms with Crippen molar-refractivity contribution in [3.63, 3.8) is 0 Å². The van der Waals surface area contributed by atoms with Gasteiger partial charge >= 0.3 is 0 Å². The number of carbonyl (C=O) groups is 1. The summed E-state index contributed by atoms with van der Waals surface area (Å²) in [6.45, 7) is 6.70. The second-order valence-electron chi connectivity index (χ2n) is 11.4. The first-order chi connectivity index (χ1) is 19.5. The van der Waals surface area contributed by atoms with E-state index in [1.807, 2.05) is 47.2 Å². The Hall–Kier alpha value is -3.00. The summed E-state index contributed by atoms with van der Waals surface area (Å²) in [7, 11) is 4.15. The number of hydrogen-bond donors (Lipinski definition) is 0. The molecular weight excluding hydrogens is 519 g/mol. The molecule has 2 aromatic heterocycles. The number of carbonyl (C=O) groups excluding carboxylic acids is 1. The molecule has 0 radical (unpaired) electrons. The van der Waals surface area contributed by atoms with Crippen LogP contribution in [0.1, 0.15) is 41.1 Å². The summed E-state index contributed by atoms with van der Waals surface area (Å²) in [6, 6.07) is 19.3. The highest BCUT2D eigenvalue weighted by Crippen LogP contribution is 2.30. The van der Waals surface area contributed by atoms with E-state index in [-0.39, 0.29) is 11.7 Å². The van der Waals surface area contributed by atoms with Crippen molar-refractivity contribution >= 4 is 28.1 Å². The summed E-state index contributed by atoms with van der Waals surface area (Å²) in [5, 5.41) is 5.22. The number of hydrogen-bond acceptors (Lipinski definition) is 4. The van der Waals surface area contributed by atoms with Crippen molar-refractivity contribution < 1.29 is 9.18 Å². The maximum Gasteiger partial charge on any atom is 0.256 e. The molecule has 2 saturated heterocycles. The maximum absolute atomic E-state index is 13.6. The molecule has 40 heavy (non-hydrogen) atoms. The van der Waals surface area contributed by atoms with Crippen molar-refractivity contribution in [1.29, 1.82) is 0 Å². The lowest BCUT2D eigenvalue weighted by Crippen LogP contribution is -2.38. The molecule has 0 unspecified atom stereocenters. The van der Waals surface area contributed by atoms with Crippen LogP contribution in [0, 0.1) is 11.7 Å². The Morgan fingerprint density at radius 1 is 0.950 bits per heavy atom. The van der Waals surface area contributed by atoms with Crippen LogP contribution < -0.4 is 0 Å². The van der Waals surface area contributed by atoms with Crippen molar-refractivity contribution in [1.82, 2.24) is 19.3 Å². The van der Waals surface area contributed by atoms with Crippen LogP contribution in [0.3, 0.4) is 0 Å². The number of rotatable bonds is 7. The van der Waals surface area contributed by atoms with Gasteiger partial charge in [-0.25, -0.2) is 4.39 Å². The van der Waals surface area contributed by atoms with E-state index in [0.29, 0.717) is 11.8 Å². The minimum absolute atomic E-state index is 0.162. The Bertz CT molecular complexity index is 1330. The molecule has 2 aromatic carbocycles. The Labute approximate surface area is 241 Å². The largest absolute Gasteiger partial charge is 0.346 e. The zero-order valence-corrected chi connectivity index (χ0v) is 24.5. The molecule has 2 aliphatic rings. The normalized spacial score (nSPS) is 18.3. The second kappa shape index (κ2) is 13.6. The first kappa shape index (κ1) is 28.5. The standard InChI is InChI=1S/C29H37FN4O.C4H4S/c1-31(2)18-19-33-17-13-25-4-3-5-27(28(25)33)29(35)34-16-10-22(21-34)20-32-14-11-24(12-15-32)23-6-8-26(30)9-7-23;1-2-4-5-3-1/h3-9,13,17,22,24H,10-12,14-16,18-21H2,1-2H3;1-4H/t22-;/m1./s1. The van der Waals surface area contributed by atoms with Gasteiger partial charge in [0, 0.05) is 44.3 Å². The fraction of sp³-hybridized carbons (Fsp3) is 0.424. The van der Waals surface area contributed by atoms with Crippen LogP contribution in [0.2, 0.25) is 0 Å². The molecule has 1 atom stereocenters. The number of piperidine rings is 1. The number of amides is 1. The SMILES string of the molecule is CN(C)CCn1ccc2cccc(C(=O)N3CC[C@H](CN4CCC(c5ccc(F)cc5)CC4)C3)c21.c1ccsc1. The van der Waals surface area contributed by atoms with Gasteiger partial charge in [-0.15, -0.1) is 0 Å². The van der Waals surface area contributed by atoms with Gasteiger partial charge in [0.15, 0.2) is 0 Å². The van der Waals surface area contributed by atoms with Crippen LogP contribution in [-0.4, -0.2) is 78.5 Å². The summed E-state index contributed by atoms with van der Waals surface area (Å²) in [5.74, 6) is 1.06. The van der Waals surface area contributed by atoms with E-state index in [1.165, 1.54) is 5.56 Å². The smallest absolute Gasteiger partial charge is 0.256 e. The zero-order valence-electron chi connectivity index (χ0n) is 23.7. The molecule has 4 aromatic rings. The number of halogens is 1. The van der Waals surface area contributed by atoms with Gasteiger partial charge < -0.3 is 19.3 Å². The van der Waals surface area contributed by atoms with E-state index in [4.69, 9.17) is 0 Å². The molecule has 2 fully saturated rings. The average molecular weight is 561 g/mol. The van der Waals surface area contributed by atoms with E-state index in [1.54, 1.807) is 23.5 Å². The highest BCUT2D eigenvalue weighted by Gasteiger charge is 2.30. The lowest BCUT2D eigenvalue weighted by molar-refractivity contribution is 0.0783. The zero-order chi connectivity index (χ0) is 27.9. The predicted octanol–water partition coefficient (Wildman–Crippen LogP) is 6.43. The van der Waals surface area contributed by atoms with Gasteiger partial charge in [0.25, 0.3) is 5.91 Å². The minimum Gasteiger partial charge on any atom is -0.346 e. The third kappa shape index (κ3) is 7.19. The van der Waals surface area contributed by atoms with E-state index in [2.05, 4.69) is 51.7 Å². The van der Waals surface area contributed by atoms with Crippen LogP contribution in [0.5, 0.6) is 0 Å². The predicted molar refractivity (Wildman–Crippen MR) is 164 cm³/mol. The van der Waals surface area contributed by atoms with Crippen molar-refractivity contribution in [2.45, 2.75) is 31.7 Å². The molecule has 0 spiro atoms. The first-order valence-electron chi connectivity index (χ1n) is 14.4. The Balaban J connectivity index is 0.000000582. The number of likely N-dealkylation sites (N-methyl/N-ethyl adjacent to an activating group) is 1. The molecular formula is C33H41FN4OS. The van der Waals surface area contributed by atoms with E-state index >= 15 is 0 Å². The fourth-order valence-corrected chi connectivity index (χ4v) is 6.49. The molecule has 0 aliphatic carbocycles. The van der Waals surface area contributed by atoms with Crippen molar-refractivity contribution in [2.24, 2.45) is 5.92 Å². The summed E-state index contributed by atoms with van der Waals surface area (Å²) >= 11 is 1.71. The highest BCUT2D eigenvalue weighted by molar-refractivity contribution is 7.07. The van der Waals surface area contributed by atoms with Crippen LogP contribution in [0.4, 0.5) is 4.39 Å². The Morgan fingerprint density at radius 2 is 1.70 bits per heavy atom. The van der Waals surface area contributed by atoms with Crippen LogP contribution in [-0.2, 0) is 6.54 Å². The monoisotopic (exact) mass is 560 g/mol. The lowest BCUT2D eigenvalue weighted by Gasteiger charge is -2.33. The van der Waals surface area contributed by atoms with Gasteiger partial charge in [-0.1, -0.05) is 36.4 Å². The van der Waals surface area contributed by atoms with Gasteiger partial charge in [0.1, 0.15) is 5.82 Å². The summed E-state index contributed by atoms with van der Waals surface area (Å²) < 4.78 is 15.5. The average Bonchev–Trinajstić information content (AvgIpc) is 3.76. The number of thiophene rings is 1. The van der Waals surface area contributed by atoms with Gasteiger partial charge in [-0.2, -0.15) is 11.3 Å². The van der Waals surface area contributed by atoms with E-state index < -0.39 is 0 Å². The Morgan fingerprint density at radius 3 is 2.38 bits per heavy atom. The number of aromatic nitrogens is 1. The number of likely N-dealkylation sites (tertiary alicyclic amines) is 2. The molecule has 1 amide bonds.